The Bertz CT molecular complexity index is 727. The first-order valence-electron chi connectivity index (χ1n) is 7.46. The van der Waals surface area contributed by atoms with Gasteiger partial charge in [0.15, 0.2) is 5.82 Å². The highest BCUT2D eigenvalue weighted by Crippen LogP contribution is 2.17. The SMILES string of the molecule is N#Cc1ccnc(C(=O)NC2CCCN(c3cccnn3)C2)c1. The number of pyridine rings is 1. The Kier molecular flexibility index (Phi) is 4.43. The highest BCUT2D eigenvalue weighted by molar-refractivity contribution is 5.92. The normalized spacial score (nSPS) is 17.3. The summed E-state index contributed by atoms with van der Waals surface area (Å²) < 4.78 is 0. The molecule has 1 amide bonds. The summed E-state index contributed by atoms with van der Waals surface area (Å²) in [6, 6.07) is 8.87. The Labute approximate surface area is 134 Å². The van der Waals surface area contributed by atoms with E-state index in [0.29, 0.717) is 12.1 Å². The number of hydrogen-bond donors (Lipinski definition) is 1. The summed E-state index contributed by atoms with van der Waals surface area (Å²) in [5.74, 6) is 0.559. The fourth-order valence-corrected chi connectivity index (χ4v) is 2.65. The van der Waals surface area contributed by atoms with E-state index in [-0.39, 0.29) is 17.6 Å². The first kappa shape index (κ1) is 14.9. The van der Waals surface area contributed by atoms with Gasteiger partial charge in [0.2, 0.25) is 0 Å². The predicted molar refractivity (Wildman–Crippen MR) is 83.7 cm³/mol. The van der Waals surface area contributed by atoms with E-state index < -0.39 is 0 Å². The zero-order chi connectivity index (χ0) is 16.1. The van der Waals surface area contributed by atoms with Gasteiger partial charge in [-0.25, -0.2) is 0 Å². The quantitative estimate of drug-likeness (QED) is 0.913. The van der Waals surface area contributed by atoms with Crippen molar-refractivity contribution in [3.63, 3.8) is 0 Å². The maximum absolute atomic E-state index is 12.3. The molecular weight excluding hydrogens is 292 g/mol. The van der Waals surface area contributed by atoms with Crippen molar-refractivity contribution in [3.05, 3.63) is 47.9 Å². The van der Waals surface area contributed by atoms with Crippen LogP contribution < -0.4 is 10.2 Å². The number of aromatic nitrogens is 3. The van der Waals surface area contributed by atoms with Gasteiger partial charge in [0.05, 0.1) is 11.6 Å². The summed E-state index contributed by atoms with van der Waals surface area (Å²) in [5.41, 5.74) is 0.690. The largest absolute Gasteiger partial charge is 0.353 e. The zero-order valence-corrected chi connectivity index (χ0v) is 12.5. The van der Waals surface area contributed by atoms with Gasteiger partial charge in [-0.15, -0.1) is 5.10 Å². The molecule has 116 valence electrons. The van der Waals surface area contributed by atoms with Crippen LogP contribution >= 0.6 is 0 Å². The first-order chi connectivity index (χ1) is 11.3. The molecular formula is C16H16N6O. The lowest BCUT2D eigenvalue weighted by Gasteiger charge is -2.33. The van der Waals surface area contributed by atoms with Gasteiger partial charge in [0.1, 0.15) is 5.69 Å². The second-order valence-electron chi connectivity index (χ2n) is 5.38. The number of rotatable bonds is 3. The van der Waals surface area contributed by atoms with Gasteiger partial charge in [0, 0.05) is 31.5 Å². The molecule has 0 bridgehead atoms. The highest BCUT2D eigenvalue weighted by Gasteiger charge is 2.23. The minimum atomic E-state index is -0.256. The standard InChI is InChI=1S/C16H16N6O/c17-10-12-5-7-18-14(9-12)16(23)20-13-3-2-8-22(11-13)15-4-1-6-19-21-15/h1,4-7,9,13H,2-3,8,11H2,(H,20,23). The van der Waals surface area contributed by atoms with Gasteiger partial charge in [-0.1, -0.05) is 0 Å². The van der Waals surface area contributed by atoms with Gasteiger partial charge < -0.3 is 10.2 Å². The molecule has 1 aliphatic rings. The average Bonchev–Trinajstić information content (AvgIpc) is 2.63. The van der Waals surface area contributed by atoms with Crippen molar-refractivity contribution in [2.45, 2.75) is 18.9 Å². The summed E-state index contributed by atoms with van der Waals surface area (Å²) in [6.45, 7) is 1.58. The van der Waals surface area contributed by atoms with Gasteiger partial charge in [-0.05, 0) is 37.1 Å². The van der Waals surface area contributed by atoms with Crippen LogP contribution in [0.4, 0.5) is 5.82 Å². The van der Waals surface area contributed by atoms with Crippen molar-refractivity contribution in [2.24, 2.45) is 0 Å². The van der Waals surface area contributed by atoms with E-state index in [1.807, 2.05) is 18.2 Å². The number of hydrogen-bond acceptors (Lipinski definition) is 6. The van der Waals surface area contributed by atoms with Crippen LogP contribution in [0.25, 0.3) is 0 Å². The molecule has 0 radical (unpaired) electrons. The molecule has 3 rings (SSSR count). The van der Waals surface area contributed by atoms with Gasteiger partial charge in [-0.3, -0.25) is 9.78 Å². The fraction of sp³-hybridized carbons (Fsp3) is 0.312. The van der Waals surface area contributed by atoms with Crippen LogP contribution in [0, 0.1) is 11.3 Å². The van der Waals surface area contributed by atoms with Gasteiger partial charge >= 0.3 is 0 Å². The Hall–Kier alpha value is -3.01. The van der Waals surface area contributed by atoms with Crippen molar-refractivity contribution in [1.82, 2.24) is 20.5 Å². The summed E-state index contributed by atoms with van der Waals surface area (Å²) in [7, 11) is 0. The van der Waals surface area contributed by atoms with E-state index in [0.717, 1.165) is 25.2 Å². The molecule has 0 aromatic carbocycles. The summed E-state index contributed by atoms with van der Waals surface area (Å²) in [5, 5.41) is 19.9. The molecule has 2 aromatic rings. The molecule has 0 aliphatic carbocycles. The minimum absolute atomic E-state index is 0.0193. The molecule has 1 saturated heterocycles. The molecule has 1 atom stereocenters. The van der Waals surface area contributed by atoms with E-state index in [4.69, 9.17) is 5.26 Å². The molecule has 7 nitrogen and oxygen atoms in total. The third kappa shape index (κ3) is 3.61. The number of piperidine rings is 1. The first-order valence-corrected chi connectivity index (χ1v) is 7.46. The highest BCUT2D eigenvalue weighted by atomic mass is 16.1. The van der Waals surface area contributed by atoms with Crippen LogP contribution in [0.3, 0.4) is 0 Å². The van der Waals surface area contributed by atoms with Crippen LogP contribution in [0.5, 0.6) is 0 Å². The third-order valence-electron chi connectivity index (χ3n) is 3.76. The number of nitrogens with zero attached hydrogens (tertiary/aromatic N) is 5. The topological polar surface area (TPSA) is 94.8 Å². The third-order valence-corrected chi connectivity index (χ3v) is 3.76. The van der Waals surface area contributed by atoms with Crippen LogP contribution in [0.15, 0.2) is 36.7 Å². The summed E-state index contributed by atoms with van der Waals surface area (Å²) >= 11 is 0. The van der Waals surface area contributed by atoms with Crippen LogP contribution in [0.1, 0.15) is 28.9 Å². The maximum Gasteiger partial charge on any atom is 0.270 e. The zero-order valence-electron chi connectivity index (χ0n) is 12.5. The Balaban J connectivity index is 1.65. The minimum Gasteiger partial charge on any atom is -0.353 e. The van der Waals surface area contributed by atoms with Crippen LogP contribution in [-0.4, -0.2) is 40.2 Å². The van der Waals surface area contributed by atoms with Crippen molar-refractivity contribution in [1.29, 1.82) is 5.26 Å². The van der Waals surface area contributed by atoms with E-state index in [2.05, 4.69) is 25.4 Å². The van der Waals surface area contributed by atoms with Gasteiger partial charge in [-0.2, -0.15) is 10.4 Å². The van der Waals surface area contributed by atoms with E-state index in [1.54, 1.807) is 12.3 Å². The molecule has 23 heavy (non-hydrogen) atoms. The Morgan fingerprint density at radius 3 is 3.09 bits per heavy atom. The molecule has 3 heterocycles. The molecule has 0 spiro atoms. The molecule has 1 unspecified atom stereocenters. The second-order valence-corrected chi connectivity index (χ2v) is 5.38. The molecule has 0 saturated carbocycles. The van der Waals surface area contributed by atoms with Crippen molar-refractivity contribution in [2.75, 3.05) is 18.0 Å². The number of amides is 1. The number of anilines is 1. The maximum atomic E-state index is 12.3. The predicted octanol–water partition coefficient (Wildman–Crippen LogP) is 1.14. The van der Waals surface area contributed by atoms with E-state index in [9.17, 15) is 4.79 Å². The Morgan fingerprint density at radius 1 is 1.39 bits per heavy atom. The number of nitrogens with one attached hydrogen (secondary N) is 1. The van der Waals surface area contributed by atoms with Crippen LogP contribution in [-0.2, 0) is 0 Å². The molecule has 1 fully saturated rings. The van der Waals surface area contributed by atoms with E-state index >= 15 is 0 Å². The monoisotopic (exact) mass is 308 g/mol. The Morgan fingerprint density at radius 2 is 2.30 bits per heavy atom. The van der Waals surface area contributed by atoms with Crippen molar-refractivity contribution >= 4 is 11.7 Å². The number of carbonyl (C=O) groups excluding carboxylic acids is 1. The summed E-state index contributed by atoms with van der Waals surface area (Å²) in [6.07, 6.45) is 4.98. The molecule has 7 heteroatoms. The second kappa shape index (κ2) is 6.83. The number of nitriles is 1. The van der Waals surface area contributed by atoms with Crippen LogP contribution in [0.2, 0.25) is 0 Å². The fourth-order valence-electron chi connectivity index (χ4n) is 2.65. The molecule has 2 aromatic heterocycles. The lowest BCUT2D eigenvalue weighted by atomic mass is 10.1. The van der Waals surface area contributed by atoms with Crippen molar-refractivity contribution < 1.29 is 4.79 Å². The smallest absolute Gasteiger partial charge is 0.270 e. The molecule has 1 N–H and O–H groups in total. The lowest BCUT2D eigenvalue weighted by Crippen LogP contribution is -2.48. The van der Waals surface area contributed by atoms with E-state index in [1.165, 1.54) is 12.3 Å². The molecule has 1 aliphatic heterocycles. The van der Waals surface area contributed by atoms with Crippen molar-refractivity contribution in [3.8, 4) is 6.07 Å². The number of carbonyl (C=O) groups is 1. The summed E-state index contributed by atoms with van der Waals surface area (Å²) in [4.78, 5) is 18.4. The lowest BCUT2D eigenvalue weighted by molar-refractivity contribution is 0.0928. The average molecular weight is 308 g/mol. The van der Waals surface area contributed by atoms with Gasteiger partial charge in [0.25, 0.3) is 5.91 Å².